The Bertz CT molecular complexity index is 632. The Hall–Kier alpha value is -1.50. The van der Waals surface area contributed by atoms with Crippen LogP contribution in [0, 0.1) is 5.82 Å². The summed E-state index contributed by atoms with van der Waals surface area (Å²) < 4.78 is 52.9. The van der Waals surface area contributed by atoms with E-state index >= 15 is 0 Å². The fraction of sp³-hybridized carbons (Fsp3) is 0.143. The number of hydrogen-bond donors (Lipinski definition) is 1. The van der Waals surface area contributed by atoms with E-state index in [1.165, 1.54) is 24.3 Å². The Morgan fingerprint density at radius 2 is 1.64 bits per heavy atom. The SMILES string of the molecule is Cl.N[C@H](c1ccc(OC(F)(F)F)cc1)c1ccc(F)cc1Cl. The number of halogens is 6. The van der Waals surface area contributed by atoms with Crippen molar-refractivity contribution in [2.24, 2.45) is 5.73 Å². The van der Waals surface area contributed by atoms with E-state index in [-0.39, 0.29) is 23.2 Å². The molecule has 2 rings (SSSR count). The van der Waals surface area contributed by atoms with E-state index in [1.807, 2.05) is 0 Å². The molecule has 0 aromatic heterocycles. The van der Waals surface area contributed by atoms with Crippen LogP contribution in [0.2, 0.25) is 5.02 Å². The van der Waals surface area contributed by atoms with Crippen molar-refractivity contribution in [3.8, 4) is 5.75 Å². The quantitative estimate of drug-likeness (QED) is 0.799. The van der Waals surface area contributed by atoms with Gasteiger partial charge in [0, 0.05) is 5.02 Å². The van der Waals surface area contributed by atoms with Gasteiger partial charge in [0.05, 0.1) is 6.04 Å². The van der Waals surface area contributed by atoms with Crippen LogP contribution in [-0.4, -0.2) is 6.36 Å². The second-order valence-electron chi connectivity index (χ2n) is 4.26. The molecule has 0 saturated carbocycles. The van der Waals surface area contributed by atoms with Gasteiger partial charge in [0.25, 0.3) is 0 Å². The van der Waals surface area contributed by atoms with Crippen molar-refractivity contribution < 1.29 is 22.3 Å². The lowest BCUT2D eigenvalue weighted by atomic mass is 9.99. The van der Waals surface area contributed by atoms with E-state index in [2.05, 4.69) is 4.74 Å². The molecule has 8 heteroatoms. The largest absolute Gasteiger partial charge is 0.573 e. The topological polar surface area (TPSA) is 35.2 Å². The first kappa shape index (κ1) is 18.5. The second kappa shape index (κ2) is 7.17. The van der Waals surface area contributed by atoms with Crippen LogP contribution in [0.5, 0.6) is 5.75 Å². The first-order chi connectivity index (χ1) is 9.76. The predicted molar refractivity (Wildman–Crippen MR) is 77.8 cm³/mol. The number of ether oxygens (including phenoxy) is 1. The number of benzene rings is 2. The lowest BCUT2D eigenvalue weighted by Crippen LogP contribution is -2.17. The summed E-state index contributed by atoms with van der Waals surface area (Å²) in [5, 5.41) is 0.151. The van der Waals surface area contributed by atoms with E-state index in [0.29, 0.717) is 11.1 Å². The lowest BCUT2D eigenvalue weighted by molar-refractivity contribution is -0.274. The molecule has 22 heavy (non-hydrogen) atoms. The zero-order chi connectivity index (χ0) is 15.6. The summed E-state index contributed by atoms with van der Waals surface area (Å²) in [4.78, 5) is 0. The molecule has 0 unspecified atom stereocenters. The van der Waals surface area contributed by atoms with Gasteiger partial charge in [-0.05, 0) is 35.4 Å². The molecule has 0 aliphatic heterocycles. The van der Waals surface area contributed by atoms with E-state index < -0.39 is 18.2 Å². The molecular formula is C14H11Cl2F4NO. The van der Waals surface area contributed by atoms with Gasteiger partial charge in [-0.25, -0.2) is 4.39 Å². The Kier molecular flexibility index (Phi) is 6.05. The highest BCUT2D eigenvalue weighted by molar-refractivity contribution is 6.31. The third-order valence-electron chi connectivity index (χ3n) is 2.77. The average molecular weight is 356 g/mol. The molecule has 2 N–H and O–H groups in total. The molecule has 0 aliphatic carbocycles. The maximum Gasteiger partial charge on any atom is 0.573 e. The molecule has 0 aliphatic rings. The molecule has 0 amide bonds. The summed E-state index contributed by atoms with van der Waals surface area (Å²) >= 11 is 5.90. The summed E-state index contributed by atoms with van der Waals surface area (Å²) in [6.45, 7) is 0. The smallest absolute Gasteiger partial charge is 0.406 e. The number of hydrogen-bond acceptors (Lipinski definition) is 2. The second-order valence-corrected chi connectivity index (χ2v) is 4.67. The molecule has 0 spiro atoms. The monoisotopic (exact) mass is 355 g/mol. The maximum atomic E-state index is 13.0. The molecule has 1 atom stereocenters. The molecule has 2 aromatic rings. The van der Waals surface area contributed by atoms with Crippen molar-refractivity contribution in [1.29, 1.82) is 0 Å². The maximum absolute atomic E-state index is 13.0. The Morgan fingerprint density at radius 1 is 1.05 bits per heavy atom. The average Bonchev–Trinajstić information content (AvgIpc) is 2.37. The van der Waals surface area contributed by atoms with Crippen molar-refractivity contribution in [2.75, 3.05) is 0 Å². The van der Waals surface area contributed by atoms with E-state index in [0.717, 1.165) is 18.2 Å². The summed E-state index contributed by atoms with van der Waals surface area (Å²) in [6, 6.07) is 8.18. The minimum Gasteiger partial charge on any atom is -0.406 e. The number of nitrogens with two attached hydrogens (primary N) is 1. The molecule has 0 saturated heterocycles. The van der Waals surface area contributed by atoms with Gasteiger partial charge >= 0.3 is 6.36 Å². The molecule has 2 aromatic carbocycles. The molecular weight excluding hydrogens is 345 g/mol. The van der Waals surface area contributed by atoms with Crippen molar-refractivity contribution >= 4 is 24.0 Å². The fourth-order valence-electron chi connectivity index (χ4n) is 1.81. The highest BCUT2D eigenvalue weighted by Crippen LogP contribution is 2.29. The van der Waals surface area contributed by atoms with Crippen LogP contribution in [0.15, 0.2) is 42.5 Å². The summed E-state index contributed by atoms with van der Waals surface area (Å²) in [7, 11) is 0. The third kappa shape index (κ3) is 4.76. The summed E-state index contributed by atoms with van der Waals surface area (Å²) in [5.41, 5.74) is 6.98. The van der Waals surface area contributed by atoms with Gasteiger partial charge in [0.1, 0.15) is 11.6 Å². The van der Waals surface area contributed by atoms with Crippen LogP contribution < -0.4 is 10.5 Å². The Morgan fingerprint density at radius 3 is 2.14 bits per heavy atom. The molecule has 0 bridgehead atoms. The van der Waals surface area contributed by atoms with E-state index in [4.69, 9.17) is 17.3 Å². The van der Waals surface area contributed by atoms with Gasteiger partial charge < -0.3 is 10.5 Å². The first-order valence-corrected chi connectivity index (χ1v) is 6.20. The summed E-state index contributed by atoms with van der Waals surface area (Å²) in [5.74, 6) is -0.839. The van der Waals surface area contributed by atoms with Crippen molar-refractivity contribution in [3.63, 3.8) is 0 Å². The summed E-state index contributed by atoms with van der Waals surface area (Å²) in [6.07, 6.45) is -4.75. The predicted octanol–water partition coefficient (Wildman–Crippen LogP) is 4.85. The van der Waals surface area contributed by atoms with Crippen LogP contribution in [-0.2, 0) is 0 Å². The third-order valence-corrected chi connectivity index (χ3v) is 3.10. The lowest BCUT2D eigenvalue weighted by Gasteiger charge is -2.15. The normalized spacial score (nSPS) is 12.5. The van der Waals surface area contributed by atoms with Gasteiger partial charge in [-0.2, -0.15) is 0 Å². The molecule has 0 heterocycles. The Balaban J connectivity index is 0.00000242. The van der Waals surface area contributed by atoms with Crippen LogP contribution in [0.4, 0.5) is 17.6 Å². The van der Waals surface area contributed by atoms with Gasteiger partial charge in [-0.15, -0.1) is 25.6 Å². The Labute approximate surface area is 135 Å². The van der Waals surface area contributed by atoms with E-state index in [9.17, 15) is 17.6 Å². The zero-order valence-corrected chi connectivity index (χ0v) is 12.5. The van der Waals surface area contributed by atoms with Crippen LogP contribution in [0.1, 0.15) is 17.2 Å². The van der Waals surface area contributed by atoms with Gasteiger partial charge in [-0.3, -0.25) is 0 Å². The van der Waals surface area contributed by atoms with Crippen molar-refractivity contribution in [3.05, 3.63) is 64.4 Å². The van der Waals surface area contributed by atoms with Crippen molar-refractivity contribution in [2.45, 2.75) is 12.4 Å². The number of rotatable bonds is 3. The van der Waals surface area contributed by atoms with Gasteiger partial charge in [0.2, 0.25) is 0 Å². The minimum absolute atomic E-state index is 0. The molecule has 2 nitrogen and oxygen atoms in total. The molecule has 120 valence electrons. The van der Waals surface area contributed by atoms with Crippen LogP contribution in [0.25, 0.3) is 0 Å². The van der Waals surface area contributed by atoms with Crippen LogP contribution >= 0.6 is 24.0 Å². The van der Waals surface area contributed by atoms with Crippen LogP contribution in [0.3, 0.4) is 0 Å². The standard InChI is InChI=1S/C14H10ClF4NO.ClH/c15-12-7-9(16)3-6-11(12)13(20)8-1-4-10(5-2-8)21-14(17,18)19;/h1-7,13H,20H2;1H/t13-;/m1./s1. The molecule has 0 radical (unpaired) electrons. The van der Waals surface area contributed by atoms with Crippen molar-refractivity contribution in [1.82, 2.24) is 0 Å². The van der Waals surface area contributed by atoms with E-state index in [1.54, 1.807) is 0 Å². The fourth-order valence-corrected chi connectivity index (χ4v) is 2.09. The van der Waals surface area contributed by atoms with Gasteiger partial charge in [0.15, 0.2) is 0 Å². The molecule has 0 fully saturated rings. The minimum atomic E-state index is -4.75. The first-order valence-electron chi connectivity index (χ1n) is 5.82. The highest BCUT2D eigenvalue weighted by atomic mass is 35.5. The van der Waals surface area contributed by atoms with Gasteiger partial charge in [-0.1, -0.05) is 29.8 Å². The number of alkyl halides is 3. The zero-order valence-electron chi connectivity index (χ0n) is 10.9. The highest BCUT2D eigenvalue weighted by Gasteiger charge is 2.31.